The molecule has 1 N–H and O–H groups in total. The second-order valence-electron chi connectivity index (χ2n) is 6.40. The first-order valence-corrected chi connectivity index (χ1v) is 10.5. The molecule has 7 nitrogen and oxygen atoms in total. The quantitative estimate of drug-likeness (QED) is 0.628. The van der Waals surface area contributed by atoms with Crippen LogP contribution in [0.4, 0.5) is 13.2 Å². The first-order chi connectivity index (χ1) is 13.6. The number of benzene rings is 2. The first-order valence-electron chi connectivity index (χ1n) is 8.59. The van der Waals surface area contributed by atoms with E-state index in [2.05, 4.69) is 20.1 Å². The summed E-state index contributed by atoms with van der Waals surface area (Å²) in [4.78, 5) is 1.28. The summed E-state index contributed by atoms with van der Waals surface area (Å²) in [7, 11) is -3.30. The molecular weight excluding hydrogens is 407 g/mol. The van der Waals surface area contributed by atoms with Gasteiger partial charge in [-0.2, -0.15) is 18.0 Å². The van der Waals surface area contributed by atoms with Gasteiger partial charge in [0.1, 0.15) is 0 Å². The van der Waals surface area contributed by atoms with Gasteiger partial charge in [-0.3, -0.25) is 0 Å². The third-order valence-corrected chi connectivity index (χ3v) is 4.79. The normalized spacial score (nSPS) is 12.3. The minimum absolute atomic E-state index is 0.127. The van der Waals surface area contributed by atoms with Gasteiger partial charge in [-0.15, -0.1) is 10.2 Å². The lowest BCUT2D eigenvalue weighted by atomic mass is 9.98. The summed E-state index contributed by atoms with van der Waals surface area (Å²) in [6.07, 6.45) is -2.91. The molecule has 0 fully saturated rings. The van der Waals surface area contributed by atoms with Gasteiger partial charge in [-0.05, 0) is 34.9 Å². The number of tetrazole rings is 1. The van der Waals surface area contributed by atoms with Crippen molar-refractivity contribution >= 4 is 10.0 Å². The lowest BCUT2D eigenvalue weighted by Gasteiger charge is -2.09. The number of sulfonamides is 1. The van der Waals surface area contributed by atoms with Crippen LogP contribution in [-0.2, 0) is 29.2 Å². The number of hydrogen-bond donors (Lipinski definition) is 1. The molecule has 0 amide bonds. The number of hydrogen-bond acceptors (Lipinski definition) is 5. The van der Waals surface area contributed by atoms with E-state index in [4.69, 9.17) is 0 Å². The van der Waals surface area contributed by atoms with Gasteiger partial charge >= 0.3 is 6.18 Å². The minimum atomic E-state index is -4.37. The third-order valence-electron chi connectivity index (χ3n) is 4.06. The molecule has 1 aromatic heterocycles. The van der Waals surface area contributed by atoms with Gasteiger partial charge in [0, 0.05) is 12.1 Å². The van der Waals surface area contributed by atoms with E-state index in [1.165, 1.54) is 16.9 Å². The van der Waals surface area contributed by atoms with E-state index in [-0.39, 0.29) is 13.1 Å². The van der Waals surface area contributed by atoms with Crippen molar-refractivity contribution in [2.45, 2.75) is 19.1 Å². The van der Waals surface area contributed by atoms with Crippen LogP contribution < -0.4 is 4.72 Å². The van der Waals surface area contributed by atoms with Crippen LogP contribution in [0.5, 0.6) is 0 Å². The zero-order valence-corrected chi connectivity index (χ0v) is 16.2. The highest BCUT2D eigenvalue weighted by atomic mass is 32.2. The van der Waals surface area contributed by atoms with Crippen molar-refractivity contribution in [3.63, 3.8) is 0 Å². The van der Waals surface area contributed by atoms with Crippen LogP contribution in [0.25, 0.3) is 11.4 Å². The number of alkyl halides is 3. The van der Waals surface area contributed by atoms with E-state index in [0.717, 1.165) is 29.5 Å². The Labute approximate surface area is 165 Å². The Morgan fingerprint density at radius 3 is 2.41 bits per heavy atom. The largest absolute Gasteiger partial charge is 0.416 e. The summed E-state index contributed by atoms with van der Waals surface area (Å²) in [5.41, 5.74) is 1.56. The summed E-state index contributed by atoms with van der Waals surface area (Å²) in [5, 5.41) is 12.2. The van der Waals surface area contributed by atoms with Crippen molar-refractivity contribution in [2.24, 2.45) is 0 Å². The fourth-order valence-electron chi connectivity index (χ4n) is 2.70. The highest BCUT2D eigenvalue weighted by Crippen LogP contribution is 2.30. The maximum atomic E-state index is 12.7. The van der Waals surface area contributed by atoms with Crippen LogP contribution in [0, 0.1) is 0 Å². The second-order valence-corrected chi connectivity index (χ2v) is 8.24. The summed E-state index contributed by atoms with van der Waals surface area (Å²) in [5.74, 6) is 0.354. The van der Waals surface area contributed by atoms with Crippen molar-refractivity contribution in [1.82, 2.24) is 24.9 Å². The van der Waals surface area contributed by atoms with Crippen molar-refractivity contribution in [1.29, 1.82) is 0 Å². The summed E-state index contributed by atoms with van der Waals surface area (Å²) in [6.45, 7) is 0.336. The molecule has 0 aliphatic carbocycles. The zero-order chi connectivity index (χ0) is 21.1. The highest BCUT2D eigenvalue weighted by molar-refractivity contribution is 7.88. The Kier molecular flexibility index (Phi) is 5.99. The summed E-state index contributed by atoms with van der Waals surface area (Å²) < 4.78 is 62.7. The predicted molar refractivity (Wildman–Crippen MR) is 100 cm³/mol. The Hall–Kier alpha value is -2.79. The molecule has 3 rings (SSSR count). The molecule has 1 heterocycles. The van der Waals surface area contributed by atoms with Gasteiger partial charge in [0.25, 0.3) is 0 Å². The summed E-state index contributed by atoms with van der Waals surface area (Å²) >= 11 is 0. The van der Waals surface area contributed by atoms with E-state index in [1.807, 2.05) is 12.1 Å². The van der Waals surface area contributed by atoms with E-state index < -0.39 is 21.8 Å². The van der Waals surface area contributed by atoms with Crippen LogP contribution in [0.1, 0.15) is 16.7 Å². The van der Waals surface area contributed by atoms with Crippen molar-refractivity contribution in [3.8, 4) is 11.4 Å². The van der Waals surface area contributed by atoms with Crippen molar-refractivity contribution < 1.29 is 21.6 Å². The lowest BCUT2D eigenvalue weighted by molar-refractivity contribution is -0.137. The zero-order valence-electron chi connectivity index (χ0n) is 15.4. The number of nitrogens with one attached hydrogen (secondary N) is 1. The minimum Gasteiger partial charge on any atom is -0.214 e. The molecule has 0 bridgehead atoms. The summed E-state index contributed by atoms with van der Waals surface area (Å²) in [6, 6.07) is 12.3. The third kappa shape index (κ3) is 5.84. The number of halogens is 3. The Bertz CT molecular complexity index is 1080. The standard InChI is InChI=1S/C18H18F3N5O2S/c1-29(27,28)22-10-11-26-24-17(23-25-26)16-5-3-2-4-14(16)12-13-6-8-15(9-7-13)18(19,20)21/h2-9,22H,10-12H2,1H3. The number of rotatable bonds is 7. The maximum Gasteiger partial charge on any atom is 0.416 e. The smallest absolute Gasteiger partial charge is 0.214 e. The molecule has 2 aromatic carbocycles. The van der Waals surface area contributed by atoms with E-state index in [1.54, 1.807) is 12.1 Å². The monoisotopic (exact) mass is 425 g/mol. The van der Waals surface area contributed by atoms with E-state index >= 15 is 0 Å². The van der Waals surface area contributed by atoms with Crippen molar-refractivity contribution in [3.05, 3.63) is 65.2 Å². The van der Waals surface area contributed by atoms with Crippen molar-refractivity contribution in [2.75, 3.05) is 12.8 Å². The van der Waals surface area contributed by atoms with Crippen LogP contribution in [0.15, 0.2) is 48.5 Å². The van der Waals surface area contributed by atoms with E-state index in [0.29, 0.717) is 17.8 Å². The fourth-order valence-corrected chi connectivity index (χ4v) is 3.16. The molecule has 0 saturated carbocycles. The Balaban J connectivity index is 1.76. The van der Waals surface area contributed by atoms with Gasteiger partial charge in [0.2, 0.25) is 15.8 Å². The van der Waals surface area contributed by atoms with Gasteiger partial charge in [-0.1, -0.05) is 36.4 Å². The molecule has 29 heavy (non-hydrogen) atoms. The van der Waals surface area contributed by atoms with Gasteiger partial charge < -0.3 is 0 Å². The van der Waals surface area contributed by atoms with Gasteiger partial charge in [0.05, 0.1) is 18.4 Å². The molecule has 0 saturated heterocycles. The maximum absolute atomic E-state index is 12.7. The van der Waals surface area contributed by atoms with Crippen LogP contribution in [0.2, 0.25) is 0 Å². The molecule has 0 atom stereocenters. The number of nitrogens with zero attached hydrogens (tertiary/aromatic N) is 4. The number of aromatic nitrogens is 4. The SMILES string of the molecule is CS(=O)(=O)NCCn1nnc(-c2ccccc2Cc2ccc(C(F)(F)F)cc2)n1. The highest BCUT2D eigenvalue weighted by Gasteiger charge is 2.29. The Morgan fingerprint density at radius 2 is 1.76 bits per heavy atom. The molecule has 0 aliphatic heterocycles. The second kappa shape index (κ2) is 8.29. The molecule has 0 spiro atoms. The molecule has 0 radical (unpaired) electrons. The topological polar surface area (TPSA) is 89.8 Å². The molecule has 11 heteroatoms. The van der Waals surface area contributed by atoms with Crippen LogP contribution >= 0.6 is 0 Å². The van der Waals surface area contributed by atoms with Gasteiger partial charge in [-0.25, -0.2) is 13.1 Å². The average molecular weight is 425 g/mol. The Morgan fingerprint density at radius 1 is 1.07 bits per heavy atom. The predicted octanol–water partition coefficient (Wildman–Crippen LogP) is 2.50. The fraction of sp³-hybridized carbons (Fsp3) is 0.278. The van der Waals surface area contributed by atoms with E-state index in [9.17, 15) is 21.6 Å². The van der Waals surface area contributed by atoms with Crippen LogP contribution in [0.3, 0.4) is 0 Å². The molecule has 154 valence electrons. The molecule has 0 unspecified atom stereocenters. The van der Waals surface area contributed by atoms with Gasteiger partial charge in [0.15, 0.2) is 0 Å². The molecule has 3 aromatic rings. The molecular formula is C18H18F3N5O2S. The van der Waals surface area contributed by atoms with Crippen LogP contribution in [-0.4, -0.2) is 41.4 Å². The average Bonchev–Trinajstić information content (AvgIpc) is 3.09. The lowest BCUT2D eigenvalue weighted by Crippen LogP contribution is -2.26. The molecule has 0 aliphatic rings. The first kappa shape index (κ1) is 20.9.